The molecule has 1 atom stereocenters. The first-order chi connectivity index (χ1) is 12.6. The standard InChI is InChI=1S/C21H27N3O2/c1-16(17-6-4-3-5-7-17)23-18-8-10-19(11-9-18)24-20(25)21(26-2)12-14-22-15-13-21/h3-11,16,22-23H,12-15H2,1-2H3,(H,24,25). The van der Waals surface area contributed by atoms with Gasteiger partial charge in [-0.3, -0.25) is 4.79 Å². The predicted molar refractivity (Wildman–Crippen MR) is 105 cm³/mol. The van der Waals surface area contributed by atoms with Gasteiger partial charge >= 0.3 is 0 Å². The molecule has 5 heteroatoms. The molecule has 3 N–H and O–H groups in total. The SMILES string of the molecule is COC1(C(=O)Nc2ccc(NC(C)c3ccccc3)cc2)CCNCC1. The van der Waals surface area contributed by atoms with Gasteiger partial charge in [0.1, 0.15) is 5.60 Å². The zero-order valence-electron chi connectivity index (χ0n) is 15.4. The van der Waals surface area contributed by atoms with Crippen LogP contribution >= 0.6 is 0 Å². The number of carbonyl (C=O) groups is 1. The van der Waals surface area contributed by atoms with E-state index in [4.69, 9.17) is 4.74 Å². The van der Waals surface area contributed by atoms with E-state index in [9.17, 15) is 4.79 Å². The fourth-order valence-corrected chi connectivity index (χ4v) is 3.32. The van der Waals surface area contributed by atoms with Crippen LogP contribution in [0.2, 0.25) is 0 Å². The quantitative estimate of drug-likeness (QED) is 0.743. The lowest BCUT2D eigenvalue weighted by Gasteiger charge is -2.34. The van der Waals surface area contributed by atoms with E-state index < -0.39 is 5.60 Å². The van der Waals surface area contributed by atoms with Gasteiger partial charge in [0.05, 0.1) is 0 Å². The van der Waals surface area contributed by atoms with Crippen LogP contribution < -0.4 is 16.0 Å². The van der Waals surface area contributed by atoms with Crippen molar-refractivity contribution in [2.75, 3.05) is 30.8 Å². The molecule has 26 heavy (non-hydrogen) atoms. The van der Waals surface area contributed by atoms with Gasteiger partial charge in [0.25, 0.3) is 5.91 Å². The van der Waals surface area contributed by atoms with Crippen molar-refractivity contribution >= 4 is 17.3 Å². The third-order valence-electron chi connectivity index (χ3n) is 5.04. The second kappa shape index (κ2) is 8.34. The summed E-state index contributed by atoms with van der Waals surface area (Å²) in [7, 11) is 1.61. The highest BCUT2D eigenvalue weighted by Crippen LogP contribution is 2.25. The van der Waals surface area contributed by atoms with Crippen molar-refractivity contribution in [1.29, 1.82) is 0 Å². The summed E-state index contributed by atoms with van der Waals surface area (Å²) in [5.41, 5.74) is 2.30. The summed E-state index contributed by atoms with van der Waals surface area (Å²) in [4.78, 5) is 12.7. The number of anilines is 2. The van der Waals surface area contributed by atoms with Crippen LogP contribution in [-0.4, -0.2) is 31.7 Å². The molecule has 3 rings (SSSR count). The number of hydrogen-bond donors (Lipinski definition) is 3. The number of methoxy groups -OCH3 is 1. The summed E-state index contributed by atoms with van der Waals surface area (Å²) in [5, 5.41) is 9.73. The van der Waals surface area contributed by atoms with Crippen LogP contribution in [0, 0.1) is 0 Å². The van der Waals surface area contributed by atoms with E-state index in [1.165, 1.54) is 5.56 Å². The zero-order valence-corrected chi connectivity index (χ0v) is 15.4. The number of nitrogens with one attached hydrogen (secondary N) is 3. The number of hydrogen-bond acceptors (Lipinski definition) is 4. The fourth-order valence-electron chi connectivity index (χ4n) is 3.32. The summed E-state index contributed by atoms with van der Waals surface area (Å²) >= 11 is 0. The van der Waals surface area contributed by atoms with E-state index in [0.717, 1.165) is 24.5 Å². The average Bonchev–Trinajstić information content (AvgIpc) is 2.70. The maximum atomic E-state index is 12.7. The molecule has 1 aliphatic heterocycles. The highest BCUT2D eigenvalue weighted by molar-refractivity contribution is 5.97. The minimum absolute atomic E-state index is 0.0696. The van der Waals surface area contributed by atoms with Gasteiger partial charge in [-0.2, -0.15) is 0 Å². The number of rotatable bonds is 6. The van der Waals surface area contributed by atoms with Crippen LogP contribution in [0.25, 0.3) is 0 Å². The Hall–Kier alpha value is -2.37. The monoisotopic (exact) mass is 353 g/mol. The Labute approximate surface area is 155 Å². The molecule has 5 nitrogen and oxygen atoms in total. The Balaban J connectivity index is 1.61. The lowest BCUT2D eigenvalue weighted by molar-refractivity contribution is -0.140. The summed E-state index contributed by atoms with van der Waals surface area (Å²) in [6.07, 6.45) is 1.37. The van der Waals surface area contributed by atoms with Gasteiger partial charge in [0.2, 0.25) is 0 Å². The van der Waals surface area contributed by atoms with E-state index in [1.54, 1.807) is 7.11 Å². The van der Waals surface area contributed by atoms with Crippen LogP contribution in [0.1, 0.15) is 31.4 Å². The van der Waals surface area contributed by atoms with Crippen molar-refractivity contribution in [1.82, 2.24) is 5.32 Å². The summed E-state index contributed by atoms with van der Waals surface area (Å²) in [5.74, 6) is -0.0696. The van der Waals surface area contributed by atoms with E-state index >= 15 is 0 Å². The number of carbonyl (C=O) groups excluding carboxylic acids is 1. The maximum absolute atomic E-state index is 12.7. The van der Waals surface area contributed by atoms with Gasteiger partial charge in [-0.1, -0.05) is 30.3 Å². The first-order valence-electron chi connectivity index (χ1n) is 9.12. The fraction of sp³-hybridized carbons (Fsp3) is 0.381. The first-order valence-corrected chi connectivity index (χ1v) is 9.12. The average molecular weight is 353 g/mol. The molecule has 1 fully saturated rings. The van der Waals surface area contributed by atoms with Gasteiger partial charge in [-0.15, -0.1) is 0 Å². The molecule has 0 aliphatic carbocycles. The molecule has 0 saturated carbocycles. The minimum Gasteiger partial charge on any atom is -0.379 e. The van der Waals surface area contributed by atoms with Gasteiger partial charge in [-0.25, -0.2) is 0 Å². The number of ether oxygens (including phenoxy) is 1. The minimum atomic E-state index is -0.732. The largest absolute Gasteiger partial charge is 0.379 e. The van der Waals surface area contributed by atoms with Crippen LogP contribution in [0.5, 0.6) is 0 Å². The summed E-state index contributed by atoms with van der Waals surface area (Å²) < 4.78 is 5.57. The Bertz CT molecular complexity index is 710. The van der Waals surface area contributed by atoms with E-state index in [0.29, 0.717) is 12.8 Å². The molecule has 138 valence electrons. The van der Waals surface area contributed by atoms with Crippen molar-refractivity contribution in [3.63, 3.8) is 0 Å². The van der Waals surface area contributed by atoms with Gasteiger partial charge in [-0.05, 0) is 62.7 Å². The molecule has 2 aromatic carbocycles. The van der Waals surface area contributed by atoms with Crippen molar-refractivity contribution in [3.8, 4) is 0 Å². The molecule has 0 spiro atoms. The molecule has 0 radical (unpaired) electrons. The second-order valence-electron chi connectivity index (χ2n) is 6.76. The third kappa shape index (κ3) is 4.23. The Morgan fingerprint density at radius 1 is 1.04 bits per heavy atom. The van der Waals surface area contributed by atoms with Crippen LogP contribution in [0.4, 0.5) is 11.4 Å². The van der Waals surface area contributed by atoms with Crippen molar-refractivity contribution in [2.45, 2.75) is 31.4 Å². The Morgan fingerprint density at radius 3 is 2.27 bits per heavy atom. The molecule has 1 heterocycles. The van der Waals surface area contributed by atoms with Gasteiger partial charge in [0, 0.05) is 24.5 Å². The number of piperidine rings is 1. The van der Waals surface area contributed by atoms with Crippen LogP contribution in [-0.2, 0) is 9.53 Å². The lowest BCUT2D eigenvalue weighted by Crippen LogP contribution is -2.51. The number of amides is 1. The molecule has 2 aromatic rings. The molecule has 1 unspecified atom stereocenters. The molecule has 1 amide bonds. The van der Waals surface area contributed by atoms with Crippen molar-refractivity contribution in [2.24, 2.45) is 0 Å². The third-order valence-corrected chi connectivity index (χ3v) is 5.04. The van der Waals surface area contributed by atoms with E-state index in [1.807, 2.05) is 42.5 Å². The first kappa shape index (κ1) is 18.4. The zero-order chi connectivity index (χ0) is 18.4. The topological polar surface area (TPSA) is 62.4 Å². The Morgan fingerprint density at radius 2 is 1.65 bits per heavy atom. The molecule has 1 saturated heterocycles. The van der Waals surface area contributed by atoms with E-state index in [2.05, 4.69) is 35.0 Å². The summed E-state index contributed by atoms with van der Waals surface area (Å²) in [6, 6.07) is 18.3. The predicted octanol–water partition coefficient (Wildman–Crippen LogP) is 3.57. The summed E-state index contributed by atoms with van der Waals surface area (Å²) in [6.45, 7) is 3.72. The normalized spacial score (nSPS) is 17.3. The van der Waals surface area contributed by atoms with Crippen molar-refractivity contribution in [3.05, 3.63) is 60.2 Å². The van der Waals surface area contributed by atoms with Crippen LogP contribution in [0.15, 0.2) is 54.6 Å². The van der Waals surface area contributed by atoms with E-state index in [-0.39, 0.29) is 11.9 Å². The van der Waals surface area contributed by atoms with Gasteiger partial charge in [0.15, 0.2) is 0 Å². The number of benzene rings is 2. The Kier molecular flexibility index (Phi) is 5.91. The highest BCUT2D eigenvalue weighted by Gasteiger charge is 2.39. The smallest absolute Gasteiger partial charge is 0.256 e. The second-order valence-corrected chi connectivity index (χ2v) is 6.76. The molecule has 0 bridgehead atoms. The highest BCUT2D eigenvalue weighted by atomic mass is 16.5. The van der Waals surface area contributed by atoms with Crippen molar-refractivity contribution < 1.29 is 9.53 Å². The maximum Gasteiger partial charge on any atom is 0.256 e. The molecule has 0 aromatic heterocycles. The molecule has 1 aliphatic rings. The van der Waals surface area contributed by atoms with Gasteiger partial charge < -0.3 is 20.7 Å². The molecular formula is C21H27N3O2. The molecular weight excluding hydrogens is 326 g/mol. The van der Waals surface area contributed by atoms with Crippen LogP contribution in [0.3, 0.4) is 0 Å². The lowest BCUT2D eigenvalue weighted by atomic mass is 9.91.